The van der Waals surface area contributed by atoms with Crippen molar-refractivity contribution in [1.82, 2.24) is 14.5 Å². The lowest BCUT2D eigenvalue weighted by Crippen LogP contribution is -2.29. The van der Waals surface area contributed by atoms with Gasteiger partial charge >= 0.3 is 5.69 Å². The van der Waals surface area contributed by atoms with Gasteiger partial charge in [-0.3, -0.25) is 19.5 Å². The number of rotatable bonds is 5. The van der Waals surface area contributed by atoms with Crippen LogP contribution in [0.25, 0.3) is 10.2 Å². The number of hydrogen-bond donors (Lipinski definition) is 0. The molecule has 30 heavy (non-hydrogen) atoms. The van der Waals surface area contributed by atoms with E-state index in [1.54, 1.807) is 15.9 Å². The molecule has 1 aliphatic heterocycles. The van der Waals surface area contributed by atoms with Gasteiger partial charge < -0.3 is 4.74 Å². The van der Waals surface area contributed by atoms with Crippen LogP contribution in [0.15, 0.2) is 33.3 Å². The van der Waals surface area contributed by atoms with E-state index in [1.165, 1.54) is 23.2 Å². The van der Waals surface area contributed by atoms with Gasteiger partial charge in [-0.2, -0.15) is 0 Å². The standard InChI is InChI=1S/C20H20N4O4S2/c25-19-16-13-6-1-2-8-15(13)29-18(16)22-20(23(19)11-12-5-4-10-28-12)30-17-14(24(26)27)7-3-9-21-17/h3,7,9,12H,1-2,4-6,8,10-11H2/t12-/m0/s1. The Hall–Kier alpha value is -2.30. The fraction of sp³-hybridized carbons (Fsp3) is 0.450. The van der Waals surface area contributed by atoms with Gasteiger partial charge in [-0.15, -0.1) is 11.3 Å². The van der Waals surface area contributed by atoms with Gasteiger partial charge in [0.1, 0.15) is 4.83 Å². The maximum atomic E-state index is 13.6. The Bertz CT molecular complexity index is 1180. The van der Waals surface area contributed by atoms with Crippen molar-refractivity contribution in [3.8, 4) is 0 Å². The maximum absolute atomic E-state index is 13.6. The minimum absolute atomic E-state index is 0.0468. The van der Waals surface area contributed by atoms with Gasteiger partial charge in [-0.05, 0) is 61.9 Å². The van der Waals surface area contributed by atoms with Crippen LogP contribution in [0.1, 0.15) is 36.1 Å². The van der Waals surface area contributed by atoms with Gasteiger partial charge in [0.15, 0.2) is 10.2 Å². The molecule has 0 bridgehead atoms. The monoisotopic (exact) mass is 444 g/mol. The Kier molecular flexibility index (Phi) is 5.30. The van der Waals surface area contributed by atoms with Crippen LogP contribution in [0, 0.1) is 10.1 Å². The van der Waals surface area contributed by atoms with E-state index in [-0.39, 0.29) is 22.4 Å². The summed E-state index contributed by atoms with van der Waals surface area (Å²) >= 11 is 2.65. The summed E-state index contributed by atoms with van der Waals surface area (Å²) in [6, 6.07) is 2.95. The smallest absolute Gasteiger partial charge is 0.301 e. The molecule has 156 valence electrons. The van der Waals surface area contributed by atoms with Crippen molar-refractivity contribution in [2.75, 3.05) is 6.61 Å². The highest BCUT2D eigenvalue weighted by Crippen LogP contribution is 2.37. The van der Waals surface area contributed by atoms with Crippen LogP contribution < -0.4 is 5.56 Å². The molecule has 0 unspecified atom stereocenters. The summed E-state index contributed by atoms with van der Waals surface area (Å²) in [6.07, 6.45) is 7.43. The van der Waals surface area contributed by atoms with Gasteiger partial charge in [0.25, 0.3) is 5.56 Å². The zero-order valence-electron chi connectivity index (χ0n) is 16.2. The van der Waals surface area contributed by atoms with Crippen molar-refractivity contribution in [1.29, 1.82) is 0 Å². The van der Waals surface area contributed by atoms with E-state index in [1.807, 2.05) is 0 Å². The lowest BCUT2D eigenvalue weighted by molar-refractivity contribution is -0.388. The molecule has 0 aromatic carbocycles. The van der Waals surface area contributed by atoms with Crippen LogP contribution in [0.4, 0.5) is 5.69 Å². The third kappa shape index (κ3) is 3.52. The summed E-state index contributed by atoms with van der Waals surface area (Å²) in [5.41, 5.74) is 0.974. The minimum atomic E-state index is -0.458. The van der Waals surface area contributed by atoms with Crippen LogP contribution in [0.2, 0.25) is 0 Å². The number of nitro groups is 1. The fourth-order valence-corrected chi connectivity index (χ4v) is 6.38. The van der Waals surface area contributed by atoms with E-state index in [0.29, 0.717) is 23.7 Å². The Labute approximate surface area is 180 Å². The molecular formula is C20H20N4O4S2. The number of nitrogens with zero attached hydrogens (tertiary/aromatic N) is 4. The van der Waals surface area contributed by atoms with Crippen molar-refractivity contribution >= 4 is 39.0 Å². The van der Waals surface area contributed by atoms with E-state index in [0.717, 1.165) is 60.7 Å². The molecule has 1 atom stereocenters. The summed E-state index contributed by atoms with van der Waals surface area (Å²) in [5, 5.41) is 12.8. The lowest BCUT2D eigenvalue weighted by Gasteiger charge is -2.16. The number of fused-ring (bicyclic) bond motifs is 3. The molecule has 5 rings (SSSR count). The summed E-state index contributed by atoms with van der Waals surface area (Å²) in [5.74, 6) is 0. The number of aromatic nitrogens is 3. The second-order valence-electron chi connectivity index (χ2n) is 7.52. The van der Waals surface area contributed by atoms with Gasteiger partial charge in [0, 0.05) is 23.7 Å². The molecule has 0 amide bonds. The first-order valence-electron chi connectivity index (χ1n) is 10.1. The average Bonchev–Trinajstić information content (AvgIpc) is 3.38. The Morgan fingerprint density at radius 1 is 1.33 bits per heavy atom. The van der Waals surface area contributed by atoms with Gasteiger partial charge in [0.05, 0.1) is 23.0 Å². The minimum Gasteiger partial charge on any atom is -0.376 e. The lowest BCUT2D eigenvalue weighted by atomic mass is 9.97. The Morgan fingerprint density at radius 2 is 2.20 bits per heavy atom. The topological polar surface area (TPSA) is 100 Å². The van der Waals surface area contributed by atoms with Crippen LogP contribution in [0.3, 0.4) is 0 Å². The summed E-state index contributed by atoms with van der Waals surface area (Å²) in [4.78, 5) is 35.5. The first kappa shape index (κ1) is 19.7. The predicted octanol–water partition coefficient (Wildman–Crippen LogP) is 3.97. The molecule has 0 N–H and O–H groups in total. The molecule has 1 fully saturated rings. The Morgan fingerprint density at radius 3 is 3.00 bits per heavy atom. The molecule has 10 heteroatoms. The largest absolute Gasteiger partial charge is 0.376 e. The normalized spacial score (nSPS) is 18.6. The van der Waals surface area contributed by atoms with E-state index >= 15 is 0 Å². The van der Waals surface area contributed by atoms with E-state index in [4.69, 9.17) is 9.72 Å². The predicted molar refractivity (Wildman–Crippen MR) is 115 cm³/mol. The maximum Gasteiger partial charge on any atom is 0.301 e. The average molecular weight is 445 g/mol. The third-order valence-corrected chi connectivity index (χ3v) is 7.77. The van der Waals surface area contributed by atoms with Crippen molar-refractivity contribution in [3.05, 3.63) is 49.2 Å². The summed E-state index contributed by atoms with van der Waals surface area (Å²) in [6.45, 7) is 1.09. The zero-order chi connectivity index (χ0) is 20.7. The molecule has 4 heterocycles. The van der Waals surface area contributed by atoms with E-state index in [2.05, 4.69) is 4.98 Å². The number of aryl methyl sites for hydroxylation is 2. The Balaban J connectivity index is 1.66. The van der Waals surface area contributed by atoms with E-state index in [9.17, 15) is 14.9 Å². The van der Waals surface area contributed by atoms with Crippen molar-refractivity contribution < 1.29 is 9.66 Å². The number of pyridine rings is 1. The van der Waals surface area contributed by atoms with Crippen molar-refractivity contribution in [2.24, 2.45) is 0 Å². The second-order valence-corrected chi connectivity index (χ2v) is 9.56. The number of thiophene rings is 1. The molecule has 1 aliphatic carbocycles. The molecule has 0 radical (unpaired) electrons. The summed E-state index contributed by atoms with van der Waals surface area (Å²) < 4.78 is 7.41. The quantitative estimate of drug-likeness (QED) is 0.333. The SMILES string of the molecule is O=c1c2c3c(sc2nc(Sc2ncccc2[N+](=O)[O-])n1C[C@@H]1CCCO1)CCCC3. The van der Waals surface area contributed by atoms with Crippen molar-refractivity contribution in [3.63, 3.8) is 0 Å². The van der Waals surface area contributed by atoms with Crippen molar-refractivity contribution in [2.45, 2.75) is 61.4 Å². The zero-order valence-corrected chi connectivity index (χ0v) is 17.8. The van der Waals surface area contributed by atoms with Crippen LogP contribution in [0.5, 0.6) is 0 Å². The first-order chi connectivity index (χ1) is 14.6. The van der Waals surface area contributed by atoms with E-state index < -0.39 is 4.92 Å². The van der Waals surface area contributed by atoms with Crippen LogP contribution >= 0.6 is 23.1 Å². The third-order valence-electron chi connectivity index (χ3n) is 5.59. The fourth-order valence-electron chi connectivity index (χ4n) is 4.14. The molecule has 1 saturated heterocycles. The highest BCUT2D eigenvalue weighted by atomic mass is 32.2. The summed E-state index contributed by atoms with van der Waals surface area (Å²) in [7, 11) is 0. The highest BCUT2D eigenvalue weighted by Gasteiger charge is 2.26. The molecule has 3 aromatic heterocycles. The highest BCUT2D eigenvalue weighted by molar-refractivity contribution is 7.99. The van der Waals surface area contributed by atoms with Crippen LogP contribution in [-0.4, -0.2) is 32.2 Å². The van der Waals surface area contributed by atoms with Crippen LogP contribution in [-0.2, 0) is 24.1 Å². The molecule has 0 spiro atoms. The van der Waals surface area contributed by atoms with Gasteiger partial charge in [0.2, 0.25) is 0 Å². The van der Waals surface area contributed by atoms with Gasteiger partial charge in [-0.1, -0.05) is 0 Å². The molecule has 0 saturated carbocycles. The number of ether oxygens (including phenoxy) is 1. The number of hydrogen-bond acceptors (Lipinski definition) is 8. The molecule has 2 aliphatic rings. The molecule has 3 aromatic rings. The molecular weight excluding hydrogens is 424 g/mol. The first-order valence-corrected chi connectivity index (χ1v) is 11.7. The second kappa shape index (κ2) is 8.09. The molecule has 8 nitrogen and oxygen atoms in total. The van der Waals surface area contributed by atoms with Gasteiger partial charge in [-0.25, -0.2) is 9.97 Å².